The van der Waals surface area contributed by atoms with E-state index in [1.807, 2.05) is 0 Å². The first kappa shape index (κ1) is 14.9. The first-order valence-electron chi connectivity index (χ1n) is 5.24. The number of aliphatic carboxylic acids is 2. The Morgan fingerprint density at radius 1 is 0.938 bits per heavy atom. The van der Waals surface area contributed by atoms with E-state index in [0.717, 1.165) is 0 Å². The number of carbonyl (C=O) groups is 2. The van der Waals surface area contributed by atoms with Gasteiger partial charge in [-0.2, -0.15) is 0 Å². The van der Waals surface area contributed by atoms with Gasteiger partial charge in [-0.25, -0.2) is 0 Å². The molecule has 0 aliphatic carbocycles. The highest BCUT2D eigenvalue weighted by molar-refractivity contribution is 5.70. The number of carboxylic acids is 2. The molecular weight excluding hydrogens is 216 g/mol. The minimum absolute atomic E-state index is 0.0353. The van der Waals surface area contributed by atoms with Gasteiger partial charge >= 0.3 is 11.9 Å². The van der Waals surface area contributed by atoms with Gasteiger partial charge in [0, 0.05) is 6.42 Å². The molecule has 0 aliphatic heterocycles. The molecule has 0 rings (SSSR count). The van der Waals surface area contributed by atoms with Gasteiger partial charge in [0.25, 0.3) is 0 Å². The maximum absolute atomic E-state index is 10.8. The van der Waals surface area contributed by atoms with Gasteiger partial charge in [0.2, 0.25) is 0 Å². The third-order valence-corrected chi connectivity index (χ3v) is 2.31. The van der Waals surface area contributed by atoms with Gasteiger partial charge in [-0.3, -0.25) is 9.59 Å². The maximum atomic E-state index is 10.8. The molecule has 0 aromatic heterocycles. The first-order chi connectivity index (χ1) is 7.43. The number of hydrogen-bond donors (Lipinski definition) is 4. The van der Waals surface area contributed by atoms with Crippen LogP contribution in [0.4, 0.5) is 0 Å². The third kappa shape index (κ3) is 8.19. The van der Waals surface area contributed by atoms with Crippen molar-refractivity contribution in [3.05, 3.63) is 0 Å². The van der Waals surface area contributed by atoms with Crippen LogP contribution in [0.15, 0.2) is 0 Å². The zero-order valence-electron chi connectivity index (χ0n) is 9.00. The lowest BCUT2D eigenvalue weighted by molar-refractivity contribution is -0.143. The number of rotatable bonds is 9. The SMILES string of the molecule is O=C(O)CCCC(CCCC(O)O)C(=O)O. The van der Waals surface area contributed by atoms with Crippen LogP contribution in [0.3, 0.4) is 0 Å². The molecule has 0 aromatic rings. The molecule has 0 spiro atoms. The van der Waals surface area contributed by atoms with Crippen molar-refractivity contribution in [1.82, 2.24) is 0 Å². The highest BCUT2D eigenvalue weighted by Crippen LogP contribution is 2.17. The van der Waals surface area contributed by atoms with E-state index in [2.05, 4.69) is 0 Å². The van der Waals surface area contributed by atoms with Crippen LogP contribution in [0.1, 0.15) is 38.5 Å². The summed E-state index contributed by atoms with van der Waals surface area (Å²) >= 11 is 0. The van der Waals surface area contributed by atoms with E-state index in [0.29, 0.717) is 25.7 Å². The van der Waals surface area contributed by atoms with Gasteiger partial charge < -0.3 is 20.4 Å². The molecule has 1 atom stereocenters. The van der Waals surface area contributed by atoms with Gasteiger partial charge in [-0.1, -0.05) is 0 Å². The Morgan fingerprint density at radius 2 is 1.50 bits per heavy atom. The van der Waals surface area contributed by atoms with E-state index < -0.39 is 24.1 Å². The summed E-state index contributed by atoms with van der Waals surface area (Å²) in [6.07, 6.45) is 0.0778. The largest absolute Gasteiger partial charge is 0.481 e. The van der Waals surface area contributed by atoms with E-state index in [1.165, 1.54) is 0 Å². The fraction of sp³-hybridized carbons (Fsp3) is 0.800. The van der Waals surface area contributed by atoms with Crippen LogP contribution in [0.25, 0.3) is 0 Å². The lowest BCUT2D eigenvalue weighted by Crippen LogP contribution is -2.15. The number of carboxylic acid groups (broad SMARTS) is 2. The highest BCUT2D eigenvalue weighted by Gasteiger charge is 2.17. The van der Waals surface area contributed by atoms with Gasteiger partial charge in [-0.15, -0.1) is 0 Å². The molecule has 0 aromatic carbocycles. The summed E-state index contributed by atoms with van der Waals surface area (Å²) in [4.78, 5) is 21.0. The summed E-state index contributed by atoms with van der Waals surface area (Å²) in [7, 11) is 0. The lowest BCUT2D eigenvalue weighted by Gasteiger charge is -2.11. The van der Waals surface area contributed by atoms with Crippen LogP contribution < -0.4 is 0 Å². The summed E-state index contributed by atoms with van der Waals surface area (Å²) in [6.45, 7) is 0. The molecular formula is C10H18O6. The maximum Gasteiger partial charge on any atom is 0.306 e. The average Bonchev–Trinajstić information content (AvgIpc) is 2.14. The van der Waals surface area contributed by atoms with E-state index in [-0.39, 0.29) is 12.8 Å². The molecule has 94 valence electrons. The van der Waals surface area contributed by atoms with Crippen molar-refractivity contribution in [3.8, 4) is 0 Å². The van der Waals surface area contributed by atoms with Crippen LogP contribution in [0, 0.1) is 5.92 Å². The van der Waals surface area contributed by atoms with Crippen LogP contribution in [-0.2, 0) is 9.59 Å². The first-order valence-corrected chi connectivity index (χ1v) is 5.24. The fourth-order valence-corrected chi connectivity index (χ4v) is 1.44. The molecule has 0 saturated heterocycles. The number of hydrogen-bond acceptors (Lipinski definition) is 4. The summed E-state index contributed by atoms with van der Waals surface area (Å²) < 4.78 is 0. The molecule has 4 N–H and O–H groups in total. The Labute approximate surface area is 93.5 Å². The van der Waals surface area contributed by atoms with Crippen LogP contribution in [0.5, 0.6) is 0 Å². The minimum Gasteiger partial charge on any atom is -0.481 e. The van der Waals surface area contributed by atoms with Crippen molar-refractivity contribution < 1.29 is 30.0 Å². The monoisotopic (exact) mass is 234 g/mol. The molecule has 0 aliphatic rings. The molecule has 0 fully saturated rings. The van der Waals surface area contributed by atoms with Gasteiger partial charge in [0.05, 0.1) is 5.92 Å². The highest BCUT2D eigenvalue weighted by atomic mass is 16.5. The van der Waals surface area contributed by atoms with E-state index >= 15 is 0 Å². The molecule has 6 nitrogen and oxygen atoms in total. The van der Waals surface area contributed by atoms with Gasteiger partial charge in [0.15, 0.2) is 6.29 Å². The molecule has 0 amide bonds. The Hall–Kier alpha value is -1.14. The van der Waals surface area contributed by atoms with Crippen molar-refractivity contribution in [2.45, 2.75) is 44.8 Å². The van der Waals surface area contributed by atoms with E-state index in [1.54, 1.807) is 0 Å². The lowest BCUT2D eigenvalue weighted by atomic mass is 9.96. The van der Waals surface area contributed by atoms with E-state index in [4.69, 9.17) is 20.4 Å². The Kier molecular flexibility index (Phi) is 7.49. The zero-order valence-corrected chi connectivity index (χ0v) is 9.00. The molecule has 0 saturated carbocycles. The second kappa shape index (κ2) is 8.06. The van der Waals surface area contributed by atoms with Crippen molar-refractivity contribution in [2.24, 2.45) is 5.92 Å². The van der Waals surface area contributed by atoms with Crippen molar-refractivity contribution >= 4 is 11.9 Å². The summed E-state index contributed by atoms with van der Waals surface area (Å²) in [5.74, 6) is -2.49. The Morgan fingerprint density at radius 3 is 1.94 bits per heavy atom. The molecule has 6 heteroatoms. The Bertz CT molecular complexity index is 225. The van der Waals surface area contributed by atoms with Crippen molar-refractivity contribution in [1.29, 1.82) is 0 Å². The quantitative estimate of drug-likeness (QED) is 0.430. The third-order valence-electron chi connectivity index (χ3n) is 2.31. The predicted molar refractivity (Wildman–Crippen MR) is 54.7 cm³/mol. The minimum atomic E-state index is -1.41. The van der Waals surface area contributed by atoms with Crippen LogP contribution in [0.2, 0.25) is 0 Å². The molecule has 0 bridgehead atoms. The Balaban J connectivity index is 3.80. The normalized spacial score (nSPS) is 12.7. The van der Waals surface area contributed by atoms with Gasteiger partial charge in [-0.05, 0) is 32.1 Å². The zero-order chi connectivity index (χ0) is 12.6. The van der Waals surface area contributed by atoms with Gasteiger partial charge in [0.1, 0.15) is 0 Å². The molecule has 1 unspecified atom stereocenters. The summed E-state index contributed by atoms with van der Waals surface area (Å²) in [6, 6.07) is 0. The molecule has 0 heterocycles. The number of aliphatic hydroxyl groups is 2. The predicted octanol–water partition coefficient (Wildman–Crippen LogP) is 0.423. The average molecular weight is 234 g/mol. The number of aliphatic hydroxyl groups excluding tert-OH is 1. The molecule has 0 radical (unpaired) electrons. The summed E-state index contributed by atoms with van der Waals surface area (Å²) in [5.41, 5.74) is 0. The van der Waals surface area contributed by atoms with Crippen LogP contribution >= 0.6 is 0 Å². The second-order valence-electron chi connectivity index (χ2n) is 3.73. The standard InChI is InChI=1S/C10H18O6/c11-8(12)5-1-3-7(10(15)16)4-2-6-9(13)14/h7-8,11-12H,1-6H2,(H,13,14)(H,15,16). The fourth-order valence-electron chi connectivity index (χ4n) is 1.44. The van der Waals surface area contributed by atoms with Crippen LogP contribution in [-0.4, -0.2) is 38.7 Å². The van der Waals surface area contributed by atoms with Crippen molar-refractivity contribution in [2.75, 3.05) is 0 Å². The second-order valence-corrected chi connectivity index (χ2v) is 3.73. The van der Waals surface area contributed by atoms with E-state index in [9.17, 15) is 9.59 Å². The smallest absolute Gasteiger partial charge is 0.306 e. The summed E-state index contributed by atoms with van der Waals surface area (Å²) in [5, 5.41) is 34.4. The van der Waals surface area contributed by atoms with Crippen molar-refractivity contribution in [3.63, 3.8) is 0 Å². The topological polar surface area (TPSA) is 115 Å². The molecule has 16 heavy (non-hydrogen) atoms.